The summed E-state index contributed by atoms with van der Waals surface area (Å²) in [5, 5.41) is 14.4. The van der Waals surface area contributed by atoms with Crippen LogP contribution >= 0.6 is 0 Å². The molecule has 0 spiro atoms. The van der Waals surface area contributed by atoms with Gasteiger partial charge in [-0.1, -0.05) is 0 Å². The van der Waals surface area contributed by atoms with Gasteiger partial charge in [0.05, 0.1) is 5.60 Å². The third kappa shape index (κ3) is 2.34. The highest BCUT2D eigenvalue weighted by atomic mass is 16.5. The second-order valence-electron chi connectivity index (χ2n) is 7.67. The van der Waals surface area contributed by atoms with Crippen molar-refractivity contribution in [3.8, 4) is 0 Å². The van der Waals surface area contributed by atoms with Crippen LogP contribution in [0.1, 0.15) is 44.9 Å². The first-order chi connectivity index (χ1) is 9.22. The second-order valence-corrected chi connectivity index (χ2v) is 7.67. The van der Waals surface area contributed by atoms with Crippen LogP contribution in [0, 0.1) is 23.7 Å². The third-order valence-corrected chi connectivity index (χ3v) is 6.32. The Labute approximate surface area is 116 Å². The largest absolute Gasteiger partial charge is 0.388 e. The van der Waals surface area contributed by atoms with E-state index >= 15 is 0 Å². The Kier molecular flexibility index (Phi) is 3.13. The zero-order chi connectivity index (χ0) is 12.9. The number of nitrogens with one attached hydrogen (secondary N) is 1. The number of hydrogen-bond donors (Lipinski definition) is 2. The van der Waals surface area contributed by atoms with Gasteiger partial charge in [-0.05, 0) is 55.8 Å². The average Bonchev–Trinajstić information content (AvgIpc) is 2.38. The van der Waals surface area contributed by atoms with Crippen LogP contribution in [0.2, 0.25) is 0 Å². The number of aliphatic hydroxyl groups is 1. The molecular formula is C16H27NO2. The van der Waals surface area contributed by atoms with Crippen molar-refractivity contribution in [1.29, 1.82) is 0 Å². The monoisotopic (exact) mass is 265 g/mol. The minimum Gasteiger partial charge on any atom is -0.388 e. The van der Waals surface area contributed by atoms with Crippen molar-refractivity contribution in [2.45, 2.75) is 56.6 Å². The van der Waals surface area contributed by atoms with E-state index < -0.39 is 5.60 Å². The molecule has 1 aliphatic heterocycles. The van der Waals surface area contributed by atoms with E-state index in [1.165, 1.54) is 32.1 Å². The van der Waals surface area contributed by atoms with E-state index in [0.717, 1.165) is 56.3 Å². The summed E-state index contributed by atoms with van der Waals surface area (Å²) in [6, 6.07) is 0.694. The zero-order valence-electron chi connectivity index (χ0n) is 11.8. The maximum Gasteiger partial charge on any atom is 0.0815 e. The molecule has 3 heteroatoms. The van der Waals surface area contributed by atoms with Crippen molar-refractivity contribution in [1.82, 2.24) is 5.32 Å². The fourth-order valence-electron chi connectivity index (χ4n) is 5.49. The van der Waals surface area contributed by atoms with Crippen LogP contribution in [0.25, 0.3) is 0 Å². The Balaban J connectivity index is 1.38. The lowest BCUT2D eigenvalue weighted by molar-refractivity contribution is -0.0730. The topological polar surface area (TPSA) is 41.5 Å². The van der Waals surface area contributed by atoms with Gasteiger partial charge >= 0.3 is 0 Å². The van der Waals surface area contributed by atoms with Gasteiger partial charge in [-0.25, -0.2) is 0 Å². The highest BCUT2D eigenvalue weighted by Gasteiger charge is 2.48. The lowest BCUT2D eigenvalue weighted by atomic mass is 9.54. The van der Waals surface area contributed by atoms with Crippen LogP contribution in [0.4, 0.5) is 0 Å². The molecule has 5 fully saturated rings. The fourth-order valence-corrected chi connectivity index (χ4v) is 5.49. The smallest absolute Gasteiger partial charge is 0.0815 e. The summed E-state index contributed by atoms with van der Waals surface area (Å²) in [5.41, 5.74) is -0.507. The highest BCUT2D eigenvalue weighted by molar-refractivity contribution is 5.02. The Morgan fingerprint density at radius 3 is 2.11 bits per heavy atom. The molecule has 0 unspecified atom stereocenters. The molecule has 19 heavy (non-hydrogen) atoms. The number of rotatable bonds is 3. The van der Waals surface area contributed by atoms with E-state index in [0.29, 0.717) is 6.04 Å². The highest BCUT2D eigenvalue weighted by Crippen LogP contribution is 2.53. The average molecular weight is 265 g/mol. The van der Waals surface area contributed by atoms with Crippen LogP contribution in [0.15, 0.2) is 0 Å². The predicted octanol–water partition coefficient (Wildman–Crippen LogP) is 1.94. The van der Waals surface area contributed by atoms with Gasteiger partial charge in [-0.2, -0.15) is 0 Å². The zero-order valence-corrected chi connectivity index (χ0v) is 11.8. The van der Waals surface area contributed by atoms with E-state index in [2.05, 4.69) is 5.32 Å². The van der Waals surface area contributed by atoms with E-state index in [-0.39, 0.29) is 0 Å². The van der Waals surface area contributed by atoms with Gasteiger partial charge in [0.2, 0.25) is 0 Å². The summed E-state index contributed by atoms with van der Waals surface area (Å²) in [6.45, 7) is 2.23. The van der Waals surface area contributed by atoms with Gasteiger partial charge in [0.1, 0.15) is 0 Å². The summed E-state index contributed by atoms with van der Waals surface area (Å²) in [4.78, 5) is 0. The Hall–Kier alpha value is -0.120. The normalized spacial score (nSPS) is 47.5. The van der Waals surface area contributed by atoms with Crippen molar-refractivity contribution in [2.24, 2.45) is 23.7 Å². The molecule has 5 aliphatic rings. The van der Waals surface area contributed by atoms with Crippen LogP contribution in [0.3, 0.4) is 0 Å². The van der Waals surface area contributed by atoms with E-state index in [1.807, 2.05) is 0 Å². The molecule has 0 aromatic carbocycles. The molecule has 0 aromatic rings. The quantitative estimate of drug-likeness (QED) is 0.819. The van der Waals surface area contributed by atoms with Crippen molar-refractivity contribution in [3.05, 3.63) is 0 Å². The first-order valence-electron chi connectivity index (χ1n) is 8.25. The summed E-state index contributed by atoms with van der Waals surface area (Å²) in [6.07, 6.45) is 8.92. The molecule has 0 atom stereocenters. The molecule has 1 heterocycles. The molecule has 4 saturated carbocycles. The molecule has 5 rings (SSSR count). The molecule has 4 bridgehead atoms. The van der Waals surface area contributed by atoms with Crippen LogP contribution in [-0.4, -0.2) is 36.5 Å². The van der Waals surface area contributed by atoms with E-state index in [9.17, 15) is 5.11 Å². The Morgan fingerprint density at radius 2 is 1.53 bits per heavy atom. The van der Waals surface area contributed by atoms with E-state index in [1.54, 1.807) is 0 Å². The maximum absolute atomic E-state index is 10.6. The fraction of sp³-hybridized carbons (Fsp3) is 1.00. The molecule has 2 N–H and O–H groups in total. The lowest BCUT2D eigenvalue weighted by Crippen LogP contribution is -2.57. The van der Waals surface area contributed by atoms with Crippen molar-refractivity contribution >= 4 is 0 Å². The van der Waals surface area contributed by atoms with Crippen molar-refractivity contribution in [3.63, 3.8) is 0 Å². The molecule has 4 aliphatic carbocycles. The minimum absolute atomic E-state index is 0.507. The first kappa shape index (κ1) is 12.6. The standard InChI is InChI=1S/C16H27NO2/c18-16(1-3-19-4-2-16)10-17-15-13-6-11-5-12(8-13)9-14(15)7-11/h11-15,17-18H,1-10H2. The van der Waals surface area contributed by atoms with Crippen LogP contribution < -0.4 is 5.32 Å². The van der Waals surface area contributed by atoms with Crippen molar-refractivity contribution in [2.75, 3.05) is 19.8 Å². The Bertz CT molecular complexity index is 310. The molecule has 0 aromatic heterocycles. The van der Waals surface area contributed by atoms with Gasteiger partial charge in [0.25, 0.3) is 0 Å². The molecule has 0 amide bonds. The van der Waals surface area contributed by atoms with Gasteiger partial charge in [-0.3, -0.25) is 0 Å². The predicted molar refractivity (Wildman–Crippen MR) is 73.8 cm³/mol. The molecule has 0 radical (unpaired) electrons. The van der Waals surface area contributed by atoms with E-state index in [4.69, 9.17) is 4.74 Å². The maximum atomic E-state index is 10.6. The third-order valence-electron chi connectivity index (χ3n) is 6.32. The van der Waals surface area contributed by atoms with Crippen LogP contribution in [0.5, 0.6) is 0 Å². The second kappa shape index (κ2) is 4.71. The first-order valence-corrected chi connectivity index (χ1v) is 8.25. The number of ether oxygens (including phenoxy) is 1. The van der Waals surface area contributed by atoms with Crippen LogP contribution in [-0.2, 0) is 4.74 Å². The molecule has 3 nitrogen and oxygen atoms in total. The van der Waals surface area contributed by atoms with Gasteiger partial charge < -0.3 is 15.2 Å². The summed E-state index contributed by atoms with van der Waals surface area (Å²) in [7, 11) is 0. The minimum atomic E-state index is -0.507. The summed E-state index contributed by atoms with van der Waals surface area (Å²) in [5.74, 6) is 3.87. The Morgan fingerprint density at radius 1 is 0.947 bits per heavy atom. The molecular weight excluding hydrogens is 238 g/mol. The summed E-state index contributed by atoms with van der Waals surface area (Å²) >= 11 is 0. The molecule has 108 valence electrons. The van der Waals surface area contributed by atoms with Gasteiger partial charge in [0.15, 0.2) is 0 Å². The number of hydrogen-bond acceptors (Lipinski definition) is 3. The van der Waals surface area contributed by atoms with Crippen molar-refractivity contribution < 1.29 is 9.84 Å². The lowest BCUT2D eigenvalue weighted by Gasteiger charge is -2.55. The van der Waals surface area contributed by atoms with Gasteiger partial charge in [-0.15, -0.1) is 0 Å². The SMILES string of the molecule is OC1(CNC2C3CC4CC(C3)CC2C4)CCOCC1. The molecule has 1 saturated heterocycles. The van der Waals surface area contributed by atoms with Gasteiger partial charge in [0, 0.05) is 38.6 Å². The summed E-state index contributed by atoms with van der Waals surface area (Å²) < 4.78 is 5.36.